The molecule has 0 radical (unpaired) electrons. The molecule has 1 fully saturated rings. The first-order valence-electron chi connectivity index (χ1n) is 6.78. The van der Waals surface area contributed by atoms with Crippen molar-refractivity contribution in [3.8, 4) is 0 Å². The third kappa shape index (κ3) is 3.19. The molecule has 1 atom stereocenters. The fourth-order valence-electron chi connectivity index (χ4n) is 2.37. The van der Waals surface area contributed by atoms with Crippen LogP contribution in [0.15, 0.2) is 9.90 Å². The Morgan fingerprint density at radius 2 is 2.32 bits per heavy atom. The van der Waals surface area contributed by atoms with Crippen LogP contribution in [-0.4, -0.2) is 21.7 Å². The highest BCUT2D eigenvalue weighted by molar-refractivity contribution is 7.09. The van der Waals surface area contributed by atoms with Crippen LogP contribution in [0.4, 0.5) is 0 Å². The number of thiazole rings is 1. The smallest absolute Gasteiger partial charge is 0.232 e. The Kier molecular flexibility index (Phi) is 3.89. The molecule has 0 amide bonds. The molecule has 0 spiro atoms. The summed E-state index contributed by atoms with van der Waals surface area (Å²) in [6, 6.07) is 0.247. The highest BCUT2D eigenvalue weighted by atomic mass is 32.1. The van der Waals surface area contributed by atoms with Gasteiger partial charge in [-0.3, -0.25) is 0 Å². The van der Waals surface area contributed by atoms with Gasteiger partial charge in [0.15, 0.2) is 5.82 Å². The number of aromatic nitrogens is 3. The number of hydrogen-bond donors (Lipinski definition) is 1. The molecular formula is C13H18N4OS. The van der Waals surface area contributed by atoms with Crippen LogP contribution in [0.25, 0.3) is 0 Å². The molecule has 0 aliphatic carbocycles. The van der Waals surface area contributed by atoms with Gasteiger partial charge in [0, 0.05) is 5.38 Å². The van der Waals surface area contributed by atoms with Gasteiger partial charge in [-0.25, -0.2) is 4.98 Å². The van der Waals surface area contributed by atoms with Gasteiger partial charge in [-0.1, -0.05) is 18.0 Å². The molecule has 0 unspecified atom stereocenters. The Hall–Kier alpha value is -1.27. The van der Waals surface area contributed by atoms with Gasteiger partial charge in [0.2, 0.25) is 5.89 Å². The lowest BCUT2D eigenvalue weighted by molar-refractivity contribution is 0.368. The van der Waals surface area contributed by atoms with E-state index in [1.165, 1.54) is 19.3 Å². The molecule has 0 aromatic carbocycles. The van der Waals surface area contributed by atoms with Crippen molar-refractivity contribution >= 4 is 11.3 Å². The summed E-state index contributed by atoms with van der Waals surface area (Å²) in [5, 5.41) is 10.7. The van der Waals surface area contributed by atoms with E-state index in [4.69, 9.17) is 4.52 Å². The standard InChI is InChI=1S/C13H18N4OS/c1-9-15-10(8-19-9)7-12-16-13(17-18-12)11-5-3-2-4-6-14-11/h8,11,14H,2-7H2,1H3/t11-/m0/s1. The van der Waals surface area contributed by atoms with Gasteiger partial charge in [-0.2, -0.15) is 4.98 Å². The van der Waals surface area contributed by atoms with Gasteiger partial charge in [-0.15, -0.1) is 11.3 Å². The lowest BCUT2D eigenvalue weighted by Gasteiger charge is -2.09. The third-order valence-corrected chi connectivity index (χ3v) is 4.18. The number of nitrogens with zero attached hydrogens (tertiary/aromatic N) is 3. The predicted molar refractivity (Wildman–Crippen MR) is 73.2 cm³/mol. The van der Waals surface area contributed by atoms with E-state index in [1.54, 1.807) is 11.3 Å². The van der Waals surface area contributed by atoms with Gasteiger partial charge in [-0.05, 0) is 26.3 Å². The molecule has 3 rings (SSSR count). The summed E-state index contributed by atoms with van der Waals surface area (Å²) in [7, 11) is 0. The summed E-state index contributed by atoms with van der Waals surface area (Å²) < 4.78 is 5.34. The molecule has 6 heteroatoms. The summed E-state index contributed by atoms with van der Waals surface area (Å²) >= 11 is 1.65. The van der Waals surface area contributed by atoms with Gasteiger partial charge in [0.05, 0.1) is 23.2 Å². The summed E-state index contributed by atoms with van der Waals surface area (Å²) in [6.45, 7) is 3.04. The Bertz CT molecular complexity index is 528. The Morgan fingerprint density at radius 3 is 3.16 bits per heavy atom. The van der Waals surface area contributed by atoms with E-state index >= 15 is 0 Å². The molecular weight excluding hydrogens is 260 g/mol. The molecule has 1 saturated heterocycles. The fraction of sp³-hybridized carbons (Fsp3) is 0.615. The Labute approximate surface area is 116 Å². The lowest BCUT2D eigenvalue weighted by Crippen LogP contribution is -2.21. The monoisotopic (exact) mass is 278 g/mol. The average Bonchev–Trinajstić information content (AvgIpc) is 2.92. The van der Waals surface area contributed by atoms with Crippen LogP contribution in [0.5, 0.6) is 0 Å². The molecule has 102 valence electrons. The van der Waals surface area contributed by atoms with Crippen molar-refractivity contribution in [2.75, 3.05) is 6.54 Å². The summed E-state index contributed by atoms with van der Waals surface area (Å²) in [4.78, 5) is 8.92. The largest absolute Gasteiger partial charge is 0.339 e. The second-order valence-electron chi connectivity index (χ2n) is 4.94. The van der Waals surface area contributed by atoms with Crippen molar-refractivity contribution in [2.45, 2.75) is 45.1 Å². The molecule has 0 bridgehead atoms. The van der Waals surface area contributed by atoms with Crippen LogP contribution in [0.3, 0.4) is 0 Å². The molecule has 3 heterocycles. The molecule has 1 aliphatic heterocycles. The van der Waals surface area contributed by atoms with Gasteiger partial charge in [0.1, 0.15) is 0 Å². The van der Waals surface area contributed by atoms with E-state index in [0.717, 1.165) is 29.5 Å². The van der Waals surface area contributed by atoms with E-state index in [0.29, 0.717) is 12.3 Å². The maximum Gasteiger partial charge on any atom is 0.232 e. The van der Waals surface area contributed by atoms with Crippen LogP contribution in [0.2, 0.25) is 0 Å². The fourth-order valence-corrected chi connectivity index (χ4v) is 2.99. The van der Waals surface area contributed by atoms with Gasteiger partial charge < -0.3 is 9.84 Å². The van der Waals surface area contributed by atoms with Crippen molar-refractivity contribution in [3.63, 3.8) is 0 Å². The number of hydrogen-bond acceptors (Lipinski definition) is 6. The average molecular weight is 278 g/mol. The molecule has 19 heavy (non-hydrogen) atoms. The van der Waals surface area contributed by atoms with E-state index < -0.39 is 0 Å². The molecule has 1 aliphatic rings. The second-order valence-corrected chi connectivity index (χ2v) is 6.00. The minimum absolute atomic E-state index is 0.247. The number of aryl methyl sites for hydroxylation is 1. The van der Waals surface area contributed by atoms with E-state index in [9.17, 15) is 0 Å². The quantitative estimate of drug-likeness (QED) is 0.935. The number of nitrogens with one attached hydrogen (secondary N) is 1. The minimum atomic E-state index is 0.247. The van der Waals surface area contributed by atoms with Gasteiger partial charge in [0.25, 0.3) is 0 Å². The van der Waals surface area contributed by atoms with E-state index in [2.05, 4.69) is 20.4 Å². The zero-order valence-electron chi connectivity index (χ0n) is 11.1. The molecule has 1 N–H and O–H groups in total. The first kappa shape index (κ1) is 12.7. The van der Waals surface area contributed by atoms with Crippen LogP contribution < -0.4 is 5.32 Å². The predicted octanol–water partition coefficient (Wildman–Crippen LogP) is 2.63. The van der Waals surface area contributed by atoms with Crippen molar-refractivity contribution in [2.24, 2.45) is 0 Å². The molecule has 5 nitrogen and oxygen atoms in total. The highest BCUT2D eigenvalue weighted by Crippen LogP contribution is 2.21. The summed E-state index contributed by atoms with van der Waals surface area (Å²) in [6.07, 6.45) is 5.47. The van der Waals surface area contributed by atoms with E-state index in [1.807, 2.05) is 12.3 Å². The lowest BCUT2D eigenvalue weighted by atomic mass is 10.1. The van der Waals surface area contributed by atoms with Crippen LogP contribution >= 0.6 is 11.3 Å². The molecule has 2 aromatic heterocycles. The van der Waals surface area contributed by atoms with Crippen LogP contribution in [0.1, 0.15) is 54.1 Å². The van der Waals surface area contributed by atoms with Crippen LogP contribution in [-0.2, 0) is 6.42 Å². The van der Waals surface area contributed by atoms with Crippen molar-refractivity contribution in [1.29, 1.82) is 0 Å². The Morgan fingerprint density at radius 1 is 1.37 bits per heavy atom. The second kappa shape index (κ2) is 5.79. The first-order chi connectivity index (χ1) is 9.31. The normalized spacial score (nSPS) is 20.4. The molecule has 0 saturated carbocycles. The third-order valence-electron chi connectivity index (χ3n) is 3.35. The summed E-state index contributed by atoms with van der Waals surface area (Å²) in [5.74, 6) is 1.45. The van der Waals surface area contributed by atoms with E-state index in [-0.39, 0.29) is 6.04 Å². The van der Waals surface area contributed by atoms with Crippen LogP contribution in [0, 0.1) is 6.92 Å². The van der Waals surface area contributed by atoms with Crippen molar-refractivity contribution in [1.82, 2.24) is 20.4 Å². The zero-order valence-corrected chi connectivity index (χ0v) is 11.9. The van der Waals surface area contributed by atoms with Gasteiger partial charge >= 0.3 is 0 Å². The van der Waals surface area contributed by atoms with Crippen molar-refractivity contribution < 1.29 is 4.52 Å². The van der Waals surface area contributed by atoms with Crippen molar-refractivity contribution in [3.05, 3.63) is 27.8 Å². The first-order valence-corrected chi connectivity index (χ1v) is 7.66. The number of rotatable bonds is 3. The zero-order chi connectivity index (χ0) is 13.1. The Balaban J connectivity index is 1.68. The maximum atomic E-state index is 5.34. The topological polar surface area (TPSA) is 63.8 Å². The maximum absolute atomic E-state index is 5.34. The SMILES string of the molecule is Cc1nc(Cc2nc([C@@H]3CCCCCN3)no2)cs1. The highest BCUT2D eigenvalue weighted by Gasteiger charge is 2.19. The minimum Gasteiger partial charge on any atom is -0.339 e. The summed E-state index contributed by atoms with van der Waals surface area (Å²) in [5.41, 5.74) is 1.01. The molecule has 2 aromatic rings.